The van der Waals surface area contributed by atoms with E-state index in [9.17, 15) is 15.4 Å². The Bertz CT molecular complexity index is 539. The standard InChI is InChI=1S/C13H14N2O3/c1-9-6-11(12-4-3-5-18-12)13(8-14,15(16)17)7-10(9)2/h3-5,11H,6-7H2,1-2H3. The van der Waals surface area contributed by atoms with Crippen LogP contribution in [-0.2, 0) is 0 Å². The monoisotopic (exact) mass is 246 g/mol. The average molecular weight is 246 g/mol. The minimum Gasteiger partial charge on any atom is -0.469 e. The van der Waals surface area contributed by atoms with Gasteiger partial charge in [0.2, 0.25) is 0 Å². The summed E-state index contributed by atoms with van der Waals surface area (Å²) < 4.78 is 5.29. The van der Waals surface area contributed by atoms with E-state index < -0.39 is 16.4 Å². The fraction of sp³-hybridized carbons (Fsp3) is 0.462. The van der Waals surface area contributed by atoms with Crippen LogP contribution in [0, 0.1) is 21.4 Å². The Morgan fingerprint density at radius 2 is 2.28 bits per heavy atom. The molecule has 0 bridgehead atoms. The first-order valence-electron chi connectivity index (χ1n) is 5.75. The van der Waals surface area contributed by atoms with Gasteiger partial charge < -0.3 is 4.42 Å². The van der Waals surface area contributed by atoms with Crippen molar-refractivity contribution in [1.29, 1.82) is 5.26 Å². The highest BCUT2D eigenvalue weighted by Gasteiger charge is 2.55. The Balaban J connectivity index is 2.54. The van der Waals surface area contributed by atoms with Gasteiger partial charge >= 0.3 is 5.54 Å². The Morgan fingerprint density at radius 3 is 2.78 bits per heavy atom. The third-order valence-corrected chi connectivity index (χ3v) is 3.76. The molecule has 1 aromatic rings. The first-order valence-corrected chi connectivity index (χ1v) is 5.75. The van der Waals surface area contributed by atoms with Crippen LogP contribution in [0.3, 0.4) is 0 Å². The van der Waals surface area contributed by atoms with E-state index in [1.165, 1.54) is 6.26 Å². The fourth-order valence-electron chi connectivity index (χ4n) is 2.50. The Hall–Kier alpha value is -2.09. The minimum atomic E-state index is -1.61. The predicted molar refractivity (Wildman–Crippen MR) is 64.4 cm³/mol. The Morgan fingerprint density at radius 1 is 1.56 bits per heavy atom. The van der Waals surface area contributed by atoms with Crippen molar-refractivity contribution in [3.05, 3.63) is 45.4 Å². The largest absolute Gasteiger partial charge is 0.469 e. The van der Waals surface area contributed by atoms with Crippen LogP contribution in [0.1, 0.15) is 38.4 Å². The van der Waals surface area contributed by atoms with Crippen molar-refractivity contribution in [1.82, 2.24) is 0 Å². The summed E-state index contributed by atoms with van der Waals surface area (Å²) in [6.45, 7) is 3.80. The lowest BCUT2D eigenvalue weighted by Gasteiger charge is -2.31. The summed E-state index contributed by atoms with van der Waals surface area (Å²) in [5.41, 5.74) is 0.418. The normalized spacial score (nSPS) is 27.9. The maximum atomic E-state index is 11.4. The zero-order valence-corrected chi connectivity index (χ0v) is 10.3. The van der Waals surface area contributed by atoms with E-state index in [1.807, 2.05) is 19.9 Å². The van der Waals surface area contributed by atoms with Crippen LogP contribution in [0.4, 0.5) is 0 Å². The van der Waals surface area contributed by atoms with Crippen LogP contribution in [0.25, 0.3) is 0 Å². The SMILES string of the molecule is CC1=C(C)CC(C#N)([N+](=O)[O-])C(c2ccco2)C1. The van der Waals surface area contributed by atoms with E-state index in [0.29, 0.717) is 12.2 Å². The van der Waals surface area contributed by atoms with Crippen molar-refractivity contribution in [3.63, 3.8) is 0 Å². The summed E-state index contributed by atoms with van der Waals surface area (Å²) in [4.78, 5) is 10.9. The van der Waals surface area contributed by atoms with Gasteiger partial charge in [-0.1, -0.05) is 11.1 Å². The lowest BCUT2D eigenvalue weighted by Crippen LogP contribution is -2.45. The third-order valence-electron chi connectivity index (χ3n) is 3.76. The topological polar surface area (TPSA) is 80.1 Å². The molecule has 0 aliphatic heterocycles. The van der Waals surface area contributed by atoms with Gasteiger partial charge in [0.25, 0.3) is 0 Å². The van der Waals surface area contributed by atoms with Gasteiger partial charge in [0.05, 0.1) is 12.7 Å². The van der Waals surface area contributed by atoms with Gasteiger partial charge in [-0.2, -0.15) is 5.26 Å². The number of rotatable bonds is 2. The summed E-state index contributed by atoms with van der Waals surface area (Å²) in [7, 11) is 0. The average Bonchev–Trinajstić information content (AvgIpc) is 2.85. The van der Waals surface area contributed by atoms with Gasteiger partial charge in [-0.15, -0.1) is 0 Å². The fourth-order valence-corrected chi connectivity index (χ4v) is 2.50. The van der Waals surface area contributed by atoms with E-state index in [1.54, 1.807) is 12.1 Å². The van der Waals surface area contributed by atoms with Gasteiger partial charge in [-0.25, -0.2) is 0 Å². The molecule has 18 heavy (non-hydrogen) atoms. The lowest BCUT2D eigenvalue weighted by atomic mass is 9.71. The first kappa shape index (κ1) is 12.4. The van der Waals surface area contributed by atoms with Crippen molar-refractivity contribution >= 4 is 0 Å². The van der Waals surface area contributed by atoms with Crippen molar-refractivity contribution in [2.24, 2.45) is 0 Å². The molecule has 5 nitrogen and oxygen atoms in total. The van der Waals surface area contributed by atoms with Crippen LogP contribution in [-0.4, -0.2) is 10.5 Å². The van der Waals surface area contributed by atoms with E-state index in [-0.39, 0.29) is 6.42 Å². The molecule has 0 radical (unpaired) electrons. The van der Waals surface area contributed by atoms with Crippen molar-refractivity contribution < 1.29 is 9.34 Å². The molecule has 1 aliphatic rings. The highest BCUT2D eigenvalue weighted by atomic mass is 16.6. The van der Waals surface area contributed by atoms with Crippen LogP contribution >= 0.6 is 0 Å². The predicted octanol–water partition coefficient (Wildman–Crippen LogP) is 3.03. The molecule has 0 saturated heterocycles. The molecule has 1 heterocycles. The molecule has 0 saturated carbocycles. The van der Waals surface area contributed by atoms with Crippen LogP contribution in [0.5, 0.6) is 0 Å². The molecule has 0 fully saturated rings. The van der Waals surface area contributed by atoms with Crippen LogP contribution < -0.4 is 0 Å². The zero-order valence-electron chi connectivity index (χ0n) is 10.3. The summed E-state index contributed by atoms with van der Waals surface area (Å²) in [5.74, 6) is -0.00343. The van der Waals surface area contributed by atoms with E-state index in [2.05, 4.69) is 0 Å². The summed E-state index contributed by atoms with van der Waals surface area (Å²) in [6, 6.07) is 5.31. The molecular formula is C13H14N2O3. The summed E-state index contributed by atoms with van der Waals surface area (Å²) in [5, 5.41) is 20.7. The second-order valence-electron chi connectivity index (χ2n) is 4.80. The van der Waals surface area contributed by atoms with Gasteiger partial charge in [0, 0.05) is 4.92 Å². The minimum absolute atomic E-state index is 0.160. The molecule has 5 heteroatoms. The smallest absolute Gasteiger partial charge is 0.319 e. The lowest BCUT2D eigenvalue weighted by molar-refractivity contribution is -0.558. The zero-order chi connectivity index (χ0) is 13.3. The number of nitriles is 1. The quantitative estimate of drug-likeness (QED) is 0.456. The molecule has 0 amide bonds. The number of nitro groups is 1. The summed E-state index contributed by atoms with van der Waals surface area (Å²) >= 11 is 0. The molecule has 2 rings (SSSR count). The number of nitrogens with zero attached hydrogens (tertiary/aromatic N) is 2. The van der Waals surface area contributed by atoms with Crippen molar-refractivity contribution in [2.75, 3.05) is 0 Å². The second-order valence-corrected chi connectivity index (χ2v) is 4.80. The van der Waals surface area contributed by atoms with E-state index in [0.717, 1.165) is 11.1 Å². The van der Waals surface area contributed by atoms with Crippen molar-refractivity contribution in [3.8, 4) is 6.07 Å². The maximum Gasteiger partial charge on any atom is 0.319 e. The highest BCUT2D eigenvalue weighted by Crippen LogP contribution is 2.44. The van der Waals surface area contributed by atoms with Crippen molar-refractivity contribution in [2.45, 2.75) is 38.1 Å². The molecular weight excluding hydrogens is 232 g/mol. The molecule has 1 aliphatic carbocycles. The van der Waals surface area contributed by atoms with Gasteiger partial charge in [-0.3, -0.25) is 10.1 Å². The third kappa shape index (κ3) is 1.70. The Labute approximate surface area is 105 Å². The molecule has 0 aromatic carbocycles. The molecule has 0 N–H and O–H groups in total. The number of hydrogen-bond acceptors (Lipinski definition) is 4. The highest BCUT2D eigenvalue weighted by molar-refractivity contribution is 5.31. The first-order chi connectivity index (χ1) is 8.51. The number of hydrogen-bond donors (Lipinski definition) is 0. The number of furan rings is 1. The van der Waals surface area contributed by atoms with Gasteiger partial charge in [0.1, 0.15) is 17.7 Å². The van der Waals surface area contributed by atoms with Crippen LogP contribution in [0.2, 0.25) is 0 Å². The number of allylic oxidation sites excluding steroid dienone is 1. The molecule has 1 aromatic heterocycles. The molecule has 94 valence electrons. The van der Waals surface area contributed by atoms with E-state index in [4.69, 9.17) is 4.42 Å². The van der Waals surface area contributed by atoms with E-state index >= 15 is 0 Å². The Kier molecular flexibility index (Phi) is 2.95. The van der Waals surface area contributed by atoms with Gasteiger partial charge in [-0.05, 0) is 32.4 Å². The second kappa shape index (κ2) is 4.30. The van der Waals surface area contributed by atoms with Crippen LogP contribution in [0.15, 0.2) is 34.0 Å². The molecule has 2 atom stereocenters. The molecule has 0 spiro atoms. The molecule has 2 unspecified atom stereocenters. The van der Waals surface area contributed by atoms with Gasteiger partial charge in [0.15, 0.2) is 0 Å². The summed E-state index contributed by atoms with van der Waals surface area (Å²) in [6.07, 6.45) is 2.14. The maximum absolute atomic E-state index is 11.4.